The van der Waals surface area contributed by atoms with Gasteiger partial charge >= 0.3 is 0 Å². The third kappa shape index (κ3) is 7.80. The van der Waals surface area contributed by atoms with Crippen LogP contribution in [0.2, 0.25) is 5.02 Å². The Balaban J connectivity index is 0.00000154. The minimum Gasteiger partial charge on any atom is -0.494 e. The number of aromatic nitrogens is 2. The van der Waals surface area contributed by atoms with Gasteiger partial charge < -0.3 is 35.3 Å². The van der Waals surface area contributed by atoms with Crippen molar-refractivity contribution in [3.63, 3.8) is 0 Å². The van der Waals surface area contributed by atoms with Crippen LogP contribution in [0.4, 0.5) is 14.5 Å². The molecule has 0 saturated carbocycles. The number of imidazole rings is 1. The minimum atomic E-state index is -1.14. The van der Waals surface area contributed by atoms with E-state index in [4.69, 9.17) is 26.2 Å². The lowest BCUT2D eigenvalue weighted by Gasteiger charge is -2.31. The van der Waals surface area contributed by atoms with Crippen LogP contribution >= 0.6 is 11.6 Å². The van der Waals surface area contributed by atoms with Gasteiger partial charge in [0.1, 0.15) is 0 Å². The first-order chi connectivity index (χ1) is 22.1. The Hall–Kier alpha value is -4.56. The highest BCUT2D eigenvalue weighted by Gasteiger charge is 2.29. The number of rotatable bonds is 8. The smallest absolute Gasteiger partial charge is 0.291 e. The zero-order valence-corrected chi connectivity index (χ0v) is 26.1. The molecule has 0 unspecified atom stereocenters. The molecule has 3 aromatic rings. The molecule has 0 spiro atoms. The van der Waals surface area contributed by atoms with Crippen molar-refractivity contribution in [3.8, 4) is 17.0 Å². The summed E-state index contributed by atoms with van der Waals surface area (Å²) in [6.07, 6.45) is 3.48. The van der Waals surface area contributed by atoms with E-state index in [0.717, 1.165) is 19.5 Å². The molecule has 3 heterocycles. The molecule has 246 valence electrons. The Bertz CT molecular complexity index is 1590. The third-order valence-electron chi connectivity index (χ3n) is 8.07. The number of anilines is 1. The Labute approximate surface area is 269 Å². The molecule has 0 bridgehead atoms. The summed E-state index contributed by atoms with van der Waals surface area (Å²) in [4.78, 5) is 52.9. The largest absolute Gasteiger partial charge is 0.494 e. The number of nitrogens with one attached hydrogen (secondary N) is 3. The van der Waals surface area contributed by atoms with E-state index in [0.29, 0.717) is 44.1 Å². The summed E-state index contributed by atoms with van der Waals surface area (Å²) in [6.45, 7) is 3.22. The van der Waals surface area contributed by atoms with Crippen molar-refractivity contribution in [2.45, 2.75) is 19.3 Å². The average Bonchev–Trinajstić information content (AvgIpc) is 3.71. The van der Waals surface area contributed by atoms with Crippen molar-refractivity contribution in [2.24, 2.45) is 18.9 Å². The van der Waals surface area contributed by atoms with Crippen molar-refractivity contribution < 1.29 is 37.8 Å². The highest BCUT2D eigenvalue weighted by atomic mass is 35.5. The second-order valence-corrected chi connectivity index (χ2v) is 11.3. The van der Waals surface area contributed by atoms with Gasteiger partial charge in [0.15, 0.2) is 17.4 Å². The second-order valence-electron chi connectivity index (χ2n) is 10.9. The molecule has 0 aliphatic carbocycles. The van der Waals surface area contributed by atoms with Gasteiger partial charge in [-0.25, -0.2) is 9.37 Å². The molecule has 2 aliphatic rings. The maximum absolute atomic E-state index is 14.6. The summed E-state index contributed by atoms with van der Waals surface area (Å²) in [5.41, 5.74) is 0.721. The van der Waals surface area contributed by atoms with E-state index in [1.54, 1.807) is 11.0 Å². The molecule has 12 nitrogen and oxygen atoms in total. The lowest BCUT2D eigenvalue weighted by molar-refractivity contribution is -0.126. The number of likely N-dealkylation sites (tertiary alicyclic amines) is 1. The van der Waals surface area contributed by atoms with Crippen molar-refractivity contribution in [2.75, 3.05) is 45.2 Å². The molecule has 2 aliphatic heterocycles. The molecule has 0 radical (unpaired) electrons. The predicted octanol–water partition coefficient (Wildman–Crippen LogP) is 3.56. The molecule has 2 saturated heterocycles. The minimum absolute atomic E-state index is 0.0401. The Morgan fingerprint density at radius 1 is 1.15 bits per heavy atom. The predicted molar refractivity (Wildman–Crippen MR) is 166 cm³/mol. The van der Waals surface area contributed by atoms with Gasteiger partial charge in [-0.05, 0) is 68.6 Å². The summed E-state index contributed by atoms with van der Waals surface area (Å²) in [5.74, 6) is -3.02. The summed E-state index contributed by atoms with van der Waals surface area (Å²) >= 11 is 6.45. The number of hydrogen-bond acceptors (Lipinski definition) is 7. The molecule has 2 fully saturated rings. The average molecular weight is 661 g/mol. The number of nitrogens with zero attached hydrogens (tertiary/aromatic N) is 3. The summed E-state index contributed by atoms with van der Waals surface area (Å²) in [7, 11) is 2.74. The van der Waals surface area contributed by atoms with E-state index in [1.807, 2.05) is 0 Å². The normalized spacial score (nSPS) is 16.3. The number of benzene rings is 2. The van der Waals surface area contributed by atoms with Gasteiger partial charge in [-0.2, -0.15) is 4.39 Å². The Morgan fingerprint density at radius 3 is 2.50 bits per heavy atom. The quantitative estimate of drug-likeness (QED) is 0.268. The lowest BCUT2D eigenvalue weighted by atomic mass is 9.95. The first-order valence-corrected chi connectivity index (χ1v) is 15.0. The van der Waals surface area contributed by atoms with Gasteiger partial charge in [0, 0.05) is 43.9 Å². The molecule has 1 atom stereocenters. The number of carbonyl (C=O) groups is 4. The zero-order valence-electron chi connectivity index (χ0n) is 25.3. The van der Waals surface area contributed by atoms with Gasteiger partial charge in [0.2, 0.25) is 11.7 Å². The van der Waals surface area contributed by atoms with Crippen molar-refractivity contribution in [1.82, 2.24) is 25.1 Å². The fraction of sp³-hybridized carbons (Fsp3) is 0.387. The number of halogens is 3. The fourth-order valence-electron chi connectivity index (χ4n) is 5.50. The van der Waals surface area contributed by atoms with E-state index >= 15 is 0 Å². The van der Waals surface area contributed by atoms with Gasteiger partial charge in [-0.3, -0.25) is 19.2 Å². The van der Waals surface area contributed by atoms with Crippen molar-refractivity contribution >= 4 is 41.5 Å². The highest BCUT2D eigenvalue weighted by molar-refractivity contribution is 6.34. The van der Waals surface area contributed by atoms with Crippen LogP contribution < -0.4 is 20.7 Å². The molecule has 15 heteroatoms. The number of piperidine rings is 1. The number of amides is 3. The van der Waals surface area contributed by atoms with Crippen LogP contribution in [-0.4, -0.2) is 83.6 Å². The van der Waals surface area contributed by atoms with Crippen LogP contribution in [-0.2, 0) is 16.6 Å². The lowest BCUT2D eigenvalue weighted by Crippen LogP contribution is -2.44. The molecule has 2 aromatic carbocycles. The molecular weight excluding hydrogens is 626 g/mol. The SMILES string of the molecule is COc1ccc(-c2cnc(C(=O)Nc3ccc(C(=O)N4CCC(C(=O)NC[C@@H]5CCNC5)CC4)c(Cl)c3)n2C)c(F)c1F.O=CO. The van der Waals surface area contributed by atoms with Crippen molar-refractivity contribution in [1.29, 1.82) is 0 Å². The molecule has 1 aromatic heterocycles. The van der Waals surface area contributed by atoms with Gasteiger partial charge in [-0.1, -0.05) is 11.6 Å². The van der Waals surface area contributed by atoms with Crippen LogP contribution in [0.1, 0.15) is 40.2 Å². The number of carbonyl (C=O) groups excluding carboxylic acids is 3. The summed E-state index contributed by atoms with van der Waals surface area (Å²) in [5, 5.41) is 16.1. The monoisotopic (exact) mass is 660 g/mol. The molecule has 4 N–H and O–H groups in total. The first kappa shape index (κ1) is 34.3. The molecule has 5 rings (SSSR count). The number of carboxylic acid groups (broad SMARTS) is 1. The maximum Gasteiger partial charge on any atom is 0.291 e. The maximum atomic E-state index is 14.6. The van der Waals surface area contributed by atoms with E-state index in [1.165, 1.54) is 49.2 Å². The third-order valence-corrected chi connectivity index (χ3v) is 8.38. The zero-order chi connectivity index (χ0) is 33.4. The van der Waals surface area contributed by atoms with E-state index < -0.39 is 17.5 Å². The van der Waals surface area contributed by atoms with Crippen molar-refractivity contribution in [3.05, 3.63) is 64.6 Å². The van der Waals surface area contributed by atoms with Crippen LogP contribution in [0.25, 0.3) is 11.3 Å². The van der Waals surface area contributed by atoms with Gasteiger partial charge in [0.25, 0.3) is 18.3 Å². The molecule has 46 heavy (non-hydrogen) atoms. The Kier molecular flexibility index (Phi) is 11.7. The topological polar surface area (TPSA) is 155 Å². The summed E-state index contributed by atoms with van der Waals surface area (Å²) in [6, 6.07) is 7.19. The summed E-state index contributed by atoms with van der Waals surface area (Å²) < 4.78 is 35.0. The first-order valence-electron chi connectivity index (χ1n) is 14.6. The Morgan fingerprint density at radius 2 is 1.87 bits per heavy atom. The van der Waals surface area contributed by atoms with Gasteiger partial charge in [0.05, 0.1) is 29.6 Å². The van der Waals surface area contributed by atoms with E-state index in [2.05, 4.69) is 20.9 Å². The highest BCUT2D eigenvalue weighted by Crippen LogP contribution is 2.30. The van der Waals surface area contributed by atoms with E-state index in [9.17, 15) is 23.2 Å². The molecular formula is C31H35ClF2N6O6. The number of hydrogen-bond donors (Lipinski definition) is 4. The fourth-order valence-corrected chi connectivity index (χ4v) is 5.77. The van der Waals surface area contributed by atoms with Crippen LogP contribution in [0, 0.1) is 23.5 Å². The van der Waals surface area contributed by atoms with Crippen LogP contribution in [0.15, 0.2) is 36.5 Å². The van der Waals surface area contributed by atoms with Crippen LogP contribution in [0.3, 0.4) is 0 Å². The number of methoxy groups -OCH3 is 1. The second kappa shape index (κ2) is 15.6. The standard InChI is InChI=1S/C30H33ClF2N6O4.CH2O2/c1-38-23(21-5-6-24(43-2)26(33)25(21)32)16-35-27(38)29(41)37-19-3-4-20(22(31)13-19)30(42)39-11-8-18(9-12-39)28(40)36-15-17-7-10-34-14-17;2-1-3/h3-6,13,16-18,34H,7-12,14-15H2,1-2H3,(H,36,40)(H,37,41);1H,(H,2,3)/t17-;/m1./s1. The number of ether oxygens (including phenoxy) is 1. The molecule has 3 amide bonds. The van der Waals surface area contributed by atoms with Crippen LogP contribution in [0.5, 0.6) is 5.75 Å². The van der Waals surface area contributed by atoms with Gasteiger partial charge in [-0.15, -0.1) is 0 Å². The van der Waals surface area contributed by atoms with E-state index in [-0.39, 0.29) is 57.6 Å².